The van der Waals surface area contributed by atoms with E-state index in [1.165, 1.54) is 253 Å². The lowest BCUT2D eigenvalue weighted by Gasteiger charge is -2.30. The van der Waals surface area contributed by atoms with Crippen molar-refractivity contribution in [3.05, 3.63) is 456 Å². The third kappa shape index (κ3) is 9.64. The molecule has 0 aromatic heterocycles. The minimum Gasteiger partial charge on any atom is -0.0619 e. The van der Waals surface area contributed by atoms with Crippen molar-refractivity contribution < 1.29 is 0 Å². The summed E-state index contributed by atoms with van der Waals surface area (Å²) in [5, 5.41) is 18.1. The van der Waals surface area contributed by atoms with Crippen molar-refractivity contribution in [1.29, 1.82) is 0 Å². The molecule has 122 heavy (non-hydrogen) atoms. The lowest BCUT2D eigenvalue weighted by Crippen LogP contribution is -2.25. The van der Waals surface area contributed by atoms with Gasteiger partial charge in [0.05, 0.1) is 5.41 Å². The van der Waals surface area contributed by atoms with Gasteiger partial charge in [-0.3, -0.25) is 0 Å². The molecule has 21 aromatic carbocycles. The van der Waals surface area contributed by atoms with Crippen LogP contribution in [-0.2, 0) is 21.7 Å². The minimum atomic E-state index is -0.396. The Morgan fingerprint density at radius 3 is 0.852 bits per heavy atom. The van der Waals surface area contributed by atoms with Gasteiger partial charge in [-0.05, 0) is 266 Å². The summed E-state index contributed by atoms with van der Waals surface area (Å²) in [6.07, 6.45) is 0. The molecule has 572 valence electrons. The van der Waals surface area contributed by atoms with Crippen LogP contribution in [0, 0.1) is 0 Å². The van der Waals surface area contributed by atoms with Crippen molar-refractivity contribution in [2.24, 2.45) is 0 Å². The largest absolute Gasteiger partial charge is 0.0725 e. The molecule has 0 N–H and O–H groups in total. The molecule has 5 aliphatic carbocycles. The van der Waals surface area contributed by atoms with Crippen molar-refractivity contribution in [2.75, 3.05) is 0 Å². The Labute approximate surface area is 712 Å². The maximum absolute atomic E-state index is 2.54. The molecule has 0 unspecified atom stereocenters. The van der Waals surface area contributed by atoms with Crippen molar-refractivity contribution in [3.8, 4) is 122 Å². The van der Waals surface area contributed by atoms with Gasteiger partial charge >= 0.3 is 0 Å². The zero-order valence-corrected chi connectivity index (χ0v) is 69.1. The van der Waals surface area contributed by atoms with E-state index in [2.05, 4.69) is 442 Å². The number of benzene rings is 21. The first-order chi connectivity index (χ1) is 59.8. The van der Waals surface area contributed by atoms with Crippen LogP contribution >= 0.6 is 0 Å². The van der Waals surface area contributed by atoms with E-state index in [9.17, 15) is 0 Å². The molecule has 1 spiro atoms. The second-order valence-corrected chi connectivity index (χ2v) is 36.2. The van der Waals surface area contributed by atoms with E-state index in [-0.39, 0.29) is 16.2 Å². The molecule has 0 bridgehead atoms. The van der Waals surface area contributed by atoms with Crippen LogP contribution < -0.4 is 0 Å². The molecule has 0 atom stereocenters. The third-order valence-electron chi connectivity index (χ3n) is 29.0. The van der Waals surface area contributed by atoms with Crippen LogP contribution in [0.2, 0.25) is 0 Å². The smallest absolute Gasteiger partial charge is 0.0619 e. The van der Waals surface area contributed by atoms with Gasteiger partial charge < -0.3 is 0 Å². The van der Waals surface area contributed by atoms with Crippen LogP contribution in [0.15, 0.2) is 400 Å². The Morgan fingerprint density at radius 2 is 0.426 bits per heavy atom. The number of hydrogen-bond acceptors (Lipinski definition) is 0. The first-order valence-electron chi connectivity index (χ1n) is 43.4. The van der Waals surface area contributed by atoms with Crippen molar-refractivity contribution in [3.63, 3.8) is 0 Å². The molecule has 0 heteroatoms. The van der Waals surface area contributed by atoms with Gasteiger partial charge in [0.1, 0.15) is 0 Å². The van der Waals surface area contributed by atoms with Crippen LogP contribution in [0.1, 0.15) is 97.2 Å². The zero-order chi connectivity index (χ0) is 81.2. The molecule has 0 aliphatic heterocycles. The minimum absolute atomic E-state index is 0.108. The molecule has 0 saturated heterocycles. The molecule has 0 saturated carbocycles. The average molecular weight is 1550 g/mol. The van der Waals surface area contributed by atoms with E-state index >= 15 is 0 Å². The summed E-state index contributed by atoms with van der Waals surface area (Å²) in [4.78, 5) is 0. The summed E-state index contributed by atoms with van der Waals surface area (Å²) in [6, 6.07) is 151. The van der Waals surface area contributed by atoms with E-state index in [0.29, 0.717) is 0 Å². The van der Waals surface area contributed by atoms with Crippen LogP contribution in [0.25, 0.3) is 198 Å². The van der Waals surface area contributed by atoms with Gasteiger partial charge in [-0.1, -0.05) is 430 Å². The second kappa shape index (κ2) is 26.0. The Hall–Kier alpha value is -14.6. The Kier molecular flexibility index (Phi) is 15.0. The van der Waals surface area contributed by atoms with E-state index in [1.807, 2.05) is 0 Å². The van der Waals surface area contributed by atoms with Gasteiger partial charge in [-0.25, -0.2) is 0 Å². The Balaban J connectivity index is 0.000000135. The van der Waals surface area contributed by atoms with E-state index in [1.54, 1.807) is 0 Å². The van der Waals surface area contributed by atoms with Crippen molar-refractivity contribution >= 4 is 75.4 Å². The molecule has 0 heterocycles. The van der Waals surface area contributed by atoms with Crippen molar-refractivity contribution in [1.82, 2.24) is 0 Å². The lowest BCUT2D eigenvalue weighted by molar-refractivity contribution is 0.661. The predicted octanol–water partition coefficient (Wildman–Crippen LogP) is 32.7. The van der Waals surface area contributed by atoms with Gasteiger partial charge in [0, 0.05) is 16.2 Å². The van der Waals surface area contributed by atoms with Crippen LogP contribution in [0.3, 0.4) is 0 Å². The molecule has 0 fully saturated rings. The van der Waals surface area contributed by atoms with Crippen LogP contribution in [0.4, 0.5) is 0 Å². The van der Waals surface area contributed by atoms with E-state index in [4.69, 9.17) is 0 Å². The molecule has 0 radical (unpaired) electrons. The first kappa shape index (κ1) is 70.5. The molecular weight excluding hydrogens is 1470 g/mol. The van der Waals surface area contributed by atoms with Crippen molar-refractivity contribution in [2.45, 2.75) is 63.2 Å². The maximum Gasteiger partial charge on any atom is 0.0725 e. The fourth-order valence-corrected chi connectivity index (χ4v) is 24.1. The summed E-state index contributed by atoms with van der Waals surface area (Å²) < 4.78 is 0. The highest BCUT2D eigenvalue weighted by molar-refractivity contribution is 6.26. The zero-order valence-electron chi connectivity index (χ0n) is 69.1. The summed E-state index contributed by atoms with van der Waals surface area (Å²) in [5.41, 5.74) is 42.0. The standard InChI is InChI=1S/C64H42.C58H42/c1-63(2)61-44(25-15-26-53(61)54-37-34-39-16-3-4-17-43(39)62(54)63)40-30-32-41(33-31-40)59-49-21-5-7-23-51(49)60(52-24-8-6-22-50(52)59)42-35-36-48-47-20-11-14-29-57(47)64(58(48)38-42)55-27-12-9-18-45(55)46-19-10-13-28-56(46)64;1-57(2)50-27-14-13-24-48(50)54-41-19-8-7-18-40(41)49(34-51(54)57)53-44-22-11-9-20-42(44)52(43-21-10-12-23-45(43)53)37-30-28-36(29-31-37)39-25-15-26-46-47-33-32-35-16-5-6-17-38(35)56(47)58(3,4)55(39)46/h3-38H,1-2H3;5-34H,1-4H3. The SMILES string of the molecule is CC1(C)c2c(-c3ccc(-c4c5ccccc5c(-c5ccc6c(c5)C5(c7ccccc7-c7ccccc75)c5ccccc5-6)c5ccccc45)cc3)cccc2-c2ccc3ccccc3c21.CC1(C)c2ccccc2-c2c1cc(-c1c3ccccc3c(-c3ccc(-c4cccc5c4C(C)(C)c4c-5ccc5ccccc45)cc3)c3ccccc13)c1ccccc21. The molecule has 21 aromatic rings. The monoisotopic (exact) mass is 1550 g/mol. The number of fused-ring (bicyclic) bond motifs is 29. The summed E-state index contributed by atoms with van der Waals surface area (Å²) in [6.45, 7) is 14.4. The quantitative estimate of drug-likeness (QED) is 0.146. The molecule has 26 rings (SSSR count). The summed E-state index contributed by atoms with van der Waals surface area (Å²) >= 11 is 0. The first-order valence-corrected chi connectivity index (χ1v) is 43.4. The van der Waals surface area contributed by atoms with Gasteiger partial charge in [0.25, 0.3) is 0 Å². The third-order valence-corrected chi connectivity index (χ3v) is 29.0. The fraction of sp³-hybridized carbons (Fsp3) is 0.0820. The van der Waals surface area contributed by atoms with Gasteiger partial charge in [-0.15, -0.1) is 0 Å². The molecule has 5 aliphatic rings. The topological polar surface area (TPSA) is 0 Å². The number of hydrogen-bond donors (Lipinski definition) is 0. The van der Waals surface area contributed by atoms with E-state index in [0.717, 1.165) is 0 Å². The molecule has 0 nitrogen and oxygen atoms in total. The molecular formula is C122H84. The Morgan fingerprint density at radius 1 is 0.139 bits per heavy atom. The lowest BCUT2D eigenvalue weighted by atomic mass is 9.70. The highest BCUT2D eigenvalue weighted by Crippen LogP contribution is 2.65. The van der Waals surface area contributed by atoms with Gasteiger partial charge in [0.2, 0.25) is 0 Å². The van der Waals surface area contributed by atoms with Gasteiger partial charge in [0.15, 0.2) is 0 Å². The van der Waals surface area contributed by atoms with Gasteiger partial charge in [-0.2, -0.15) is 0 Å². The normalized spacial score (nSPS) is 14.4. The van der Waals surface area contributed by atoms with Crippen LogP contribution in [-0.4, -0.2) is 0 Å². The summed E-state index contributed by atoms with van der Waals surface area (Å²) in [5.74, 6) is 0. The average Bonchev–Trinajstić information content (AvgIpc) is 1.50. The Bertz CT molecular complexity index is 7960. The summed E-state index contributed by atoms with van der Waals surface area (Å²) in [7, 11) is 0. The van der Waals surface area contributed by atoms with Crippen LogP contribution in [0.5, 0.6) is 0 Å². The van der Waals surface area contributed by atoms with E-state index < -0.39 is 5.41 Å². The highest BCUT2D eigenvalue weighted by Gasteiger charge is 2.52. The molecule has 0 amide bonds. The fourth-order valence-electron chi connectivity index (χ4n) is 24.1. The number of rotatable bonds is 6. The highest BCUT2D eigenvalue weighted by atomic mass is 14.5. The maximum atomic E-state index is 2.54. The second-order valence-electron chi connectivity index (χ2n) is 36.2. The predicted molar refractivity (Wildman–Crippen MR) is 517 cm³/mol.